The molecule has 0 aliphatic rings. The lowest BCUT2D eigenvalue weighted by atomic mass is 10.4. The third-order valence-electron chi connectivity index (χ3n) is 0.754. The Morgan fingerprint density at radius 3 is 2.29 bits per heavy atom. The lowest BCUT2D eigenvalue weighted by Crippen LogP contribution is -2.24. The van der Waals surface area contributed by atoms with Gasteiger partial charge in [-0.2, -0.15) is 0 Å². The first-order chi connectivity index (χ1) is 3.18. The van der Waals surface area contributed by atoms with Crippen molar-refractivity contribution >= 4 is 17.2 Å². The van der Waals surface area contributed by atoms with E-state index in [-0.39, 0.29) is 6.10 Å². The number of thiocarbonyl (C=S) groups is 1. The van der Waals surface area contributed by atoms with Crippen LogP contribution in [0, 0.1) is 0 Å². The molecule has 0 bridgehead atoms. The third-order valence-corrected chi connectivity index (χ3v) is 1.09. The Morgan fingerprint density at radius 2 is 2.29 bits per heavy atom. The van der Waals surface area contributed by atoms with Crippen LogP contribution in [0.4, 0.5) is 0 Å². The van der Waals surface area contributed by atoms with Gasteiger partial charge in [-0.05, 0) is 6.92 Å². The highest BCUT2D eigenvalue weighted by molar-refractivity contribution is 7.80. The van der Waals surface area contributed by atoms with Crippen LogP contribution in [0.15, 0.2) is 0 Å². The topological polar surface area (TPSA) is 35.2 Å². The molecule has 3 heteroatoms. The normalized spacial score (nSPS) is 13.4. The second-order valence-corrected chi connectivity index (χ2v) is 1.75. The van der Waals surface area contributed by atoms with E-state index in [9.17, 15) is 0 Å². The molecule has 0 saturated carbocycles. The molecule has 0 amide bonds. The minimum absolute atomic E-state index is 0.0880. The summed E-state index contributed by atoms with van der Waals surface area (Å²) in [5.74, 6) is 0. The van der Waals surface area contributed by atoms with E-state index in [0.29, 0.717) is 4.99 Å². The average Bonchev–Trinajstić information content (AvgIpc) is 1.65. The zero-order valence-corrected chi connectivity index (χ0v) is 5.29. The van der Waals surface area contributed by atoms with Crippen molar-refractivity contribution in [3.63, 3.8) is 0 Å². The summed E-state index contributed by atoms with van der Waals surface area (Å²) in [6.07, 6.45) is -0.0880. The van der Waals surface area contributed by atoms with Gasteiger partial charge in [-0.15, -0.1) is 0 Å². The van der Waals surface area contributed by atoms with E-state index in [1.165, 1.54) is 0 Å². The molecule has 0 spiro atoms. The Labute approximate surface area is 48.6 Å². The minimum atomic E-state index is -0.0880. The molecular weight excluding hydrogens is 110 g/mol. The quantitative estimate of drug-likeness (QED) is 0.531. The zero-order chi connectivity index (χ0) is 5.86. The molecule has 2 nitrogen and oxygen atoms in total. The number of nitrogens with two attached hydrogens (primary N) is 1. The number of methoxy groups -OCH3 is 1. The van der Waals surface area contributed by atoms with Crippen molar-refractivity contribution in [3.05, 3.63) is 0 Å². The largest absolute Gasteiger partial charge is 0.391 e. The Bertz CT molecular complexity index is 74.1. The maximum absolute atomic E-state index is 5.15. The SMILES string of the molecule is CO[C@@H](C)C(N)=S. The van der Waals surface area contributed by atoms with Crippen LogP contribution in [-0.2, 0) is 4.74 Å². The fraction of sp³-hybridized carbons (Fsp3) is 0.750. The second-order valence-electron chi connectivity index (χ2n) is 1.28. The van der Waals surface area contributed by atoms with Gasteiger partial charge in [-0.3, -0.25) is 0 Å². The summed E-state index contributed by atoms with van der Waals surface area (Å²) in [6.45, 7) is 1.81. The van der Waals surface area contributed by atoms with E-state index in [0.717, 1.165) is 0 Å². The van der Waals surface area contributed by atoms with Crippen molar-refractivity contribution in [2.75, 3.05) is 7.11 Å². The first-order valence-corrected chi connectivity index (χ1v) is 2.41. The van der Waals surface area contributed by atoms with Crippen molar-refractivity contribution in [3.8, 4) is 0 Å². The lowest BCUT2D eigenvalue weighted by Gasteiger charge is -2.03. The fourth-order valence-electron chi connectivity index (χ4n) is 0.116. The molecule has 1 atom stereocenters. The Hall–Kier alpha value is -0.150. The molecule has 0 fully saturated rings. The summed E-state index contributed by atoms with van der Waals surface area (Å²) >= 11 is 4.57. The van der Waals surface area contributed by atoms with E-state index in [2.05, 4.69) is 12.2 Å². The summed E-state index contributed by atoms with van der Waals surface area (Å²) in [5, 5.41) is 0. The van der Waals surface area contributed by atoms with Crippen LogP contribution in [-0.4, -0.2) is 18.2 Å². The third kappa shape index (κ3) is 2.53. The average molecular weight is 119 g/mol. The summed E-state index contributed by atoms with van der Waals surface area (Å²) in [6, 6.07) is 0. The standard InChI is InChI=1S/C4H9NOS/c1-3(6-2)4(5)7/h3H,1-2H3,(H2,5,7)/t3-/m0/s1. The molecule has 0 saturated heterocycles. The molecule has 0 aliphatic heterocycles. The van der Waals surface area contributed by atoms with Crippen LogP contribution in [0.3, 0.4) is 0 Å². The van der Waals surface area contributed by atoms with E-state index >= 15 is 0 Å². The van der Waals surface area contributed by atoms with Gasteiger partial charge in [0.15, 0.2) is 0 Å². The molecule has 0 aromatic heterocycles. The number of ether oxygens (including phenoxy) is 1. The maximum atomic E-state index is 5.15. The predicted octanol–water partition coefficient (Wildman–Crippen LogP) is 0.307. The van der Waals surface area contributed by atoms with E-state index in [1.54, 1.807) is 7.11 Å². The Kier molecular flexibility index (Phi) is 2.87. The number of hydrogen-bond donors (Lipinski definition) is 1. The van der Waals surface area contributed by atoms with Crippen molar-refractivity contribution in [2.45, 2.75) is 13.0 Å². The Balaban J connectivity index is 3.34. The molecule has 2 N–H and O–H groups in total. The van der Waals surface area contributed by atoms with Crippen molar-refractivity contribution in [1.29, 1.82) is 0 Å². The van der Waals surface area contributed by atoms with Gasteiger partial charge in [0.05, 0.1) is 0 Å². The summed E-state index contributed by atoms with van der Waals surface area (Å²) < 4.78 is 4.75. The smallest absolute Gasteiger partial charge is 0.104 e. The molecule has 0 aromatic carbocycles. The lowest BCUT2D eigenvalue weighted by molar-refractivity contribution is 0.171. The molecule has 0 rings (SSSR count). The monoisotopic (exact) mass is 119 g/mol. The highest BCUT2D eigenvalue weighted by Crippen LogP contribution is 1.84. The highest BCUT2D eigenvalue weighted by atomic mass is 32.1. The van der Waals surface area contributed by atoms with Crippen LogP contribution in [0.5, 0.6) is 0 Å². The van der Waals surface area contributed by atoms with Crippen LogP contribution in [0.25, 0.3) is 0 Å². The summed E-state index contributed by atoms with van der Waals surface area (Å²) in [4.78, 5) is 0.405. The molecule has 0 radical (unpaired) electrons. The van der Waals surface area contributed by atoms with Gasteiger partial charge in [0.25, 0.3) is 0 Å². The second kappa shape index (κ2) is 2.93. The van der Waals surface area contributed by atoms with Gasteiger partial charge in [0.2, 0.25) is 0 Å². The van der Waals surface area contributed by atoms with Crippen molar-refractivity contribution in [2.24, 2.45) is 5.73 Å². The van der Waals surface area contributed by atoms with E-state index < -0.39 is 0 Å². The van der Waals surface area contributed by atoms with Gasteiger partial charge >= 0.3 is 0 Å². The predicted molar refractivity (Wildman–Crippen MR) is 33.3 cm³/mol. The molecule has 7 heavy (non-hydrogen) atoms. The van der Waals surface area contributed by atoms with E-state index in [4.69, 9.17) is 10.5 Å². The van der Waals surface area contributed by atoms with Gasteiger partial charge in [-0.25, -0.2) is 0 Å². The van der Waals surface area contributed by atoms with Crippen LogP contribution >= 0.6 is 12.2 Å². The summed E-state index contributed by atoms with van der Waals surface area (Å²) in [5.41, 5.74) is 5.15. The first kappa shape index (κ1) is 6.85. The first-order valence-electron chi connectivity index (χ1n) is 2.00. The molecule has 42 valence electrons. The van der Waals surface area contributed by atoms with Gasteiger partial charge in [0.1, 0.15) is 11.1 Å². The van der Waals surface area contributed by atoms with Gasteiger partial charge < -0.3 is 10.5 Å². The molecule has 0 aromatic rings. The minimum Gasteiger partial charge on any atom is -0.391 e. The molecular formula is C4H9NOS. The summed E-state index contributed by atoms with van der Waals surface area (Å²) in [7, 11) is 1.57. The molecule has 0 heterocycles. The maximum Gasteiger partial charge on any atom is 0.104 e. The van der Waals surface area contributed by atoms with Crippen LogP contribution in [0.2, 0.25) is 0 Å². The zero-order valence-electron chi connectivity index (χ0n) is 4.47. The number of hydrogen-bond acceptors (Lipinski definition) is 2. The fourth-order valence-corrected chi connectivity index (χ4v) is 0.212. The van der Waals surface area contributed by atoms with Crippen LogP contribution < -0.4 is 5.73 Å². The molecule has 0 aliphatic carbocycles. The van der Waals surface area contributed by atoms with Gasteiger partial charge in [0, 0.05) is 7.11 Å². The highest BCUT2D eigenvalue weighted by Gasteiger charge is 1.98. The van der Waals surface area contributed by atoms with Crippen molar-refractivity contribution in [1.82, 2.24) is 0 Å². The Morgan fingerprint density at radius 1 is 1.86 bits per heavy atom. The number of rotatable bonds is 2. The van der Waals surface area contributed by atoms with E-state index in [1.807, 2.05) is 6.92 Å². The van der Waals surface area contributed by atoms with Crippen LogP contribution in [0.1, 0.15) is 6.92 Å². The van der Waals surface area contributed by atoms with Gasteiger partial charge in [-0.1, -0.05) is 12.2 Å². The molecule has 0 unspecified atom stereocenters. The van der Waals surface area contributed by atoms with Crippen molar-refractivity contribution < 1.29 is 4.74 Å².